The van der Waals surface area contributed by atoms with E-state index in [1.54, 1.807) is 13.0 Å². The van der Waals surface area contributed by atoms with Gasteiger partial charge in [0, 0.05) is 22.1 Å². The zero-order valence-corrected chi connectivity index (χ0v) is 16.2. The highest BCUT2D eigenvalue weighted by Gasteiger charge is 2.36. The molecule has 1 saturated heterocycles. The van der Waals surface area contributed by atoms with Gasteiger partial charge in [-0.1, -0.05) is 22.0 Å². The van der Waals surface area contributed by atoms with E-state index in [2.05, 4.69) is 15.9 Å². The summed E-state index contributed by atoms with van der Waals surface area (Å²) in [5, 5.41) is -0.477. The molecule has 2 aromatic rings. The largest absolute Gasteiger partial charge is 0.465 e. The van der Waals surface area contributed by atoms with Crippen molar-refractivity contribution in [2.75, 3.05) is 13.2 Å². The monoisotopic (exact) mass is 434 g/mol. The number of hydrogen-bond acceptors (Lipinski definition) is 5. The van der Waals surface area contributed by atoms with Gasteiger partial charge >= 0.3 is 5.97 Å². The number of rotatable bonds is 5. The van der Waals surface area contributed by atoms with Crippen LogP contribution in [-0.4, -0.2) is 39.7 Å². The van der Waals surface area contributed by atoms with E-state index in [0.29, 0.717) is 0 Å². The number of nitrogens with zero attached hydrogens (tertiary/aromatic N) is 2. The van der Waals surface area contributed by atoms with Crippen LogP contribution in [0.3, 0.4) is 0 Å². The topological polar surface area (TPSA) is 68.6 Å². The van der Waals surface area contributed by atoms with Crippen LogP contribution < -0.4 is 0 Å². The summed E-state index contributed by atoms with van der Waals surface area (Å²) in [6, 6.07) is 11.4. The third-order valence-electron chi connectivity index (χ3n) is 3.61. The molecule has 0 unspecified atom stereocenters. The van der Waals surface area contributed by atoms with Crippen LogP contribution in [0.25, 0.3) is 11.8 Å². The normalized spacial score (nSPS) is 15.8. The molecule has 0 radical (unpaired) electrons. The fraction of sp³-hybridized carbons (Fsp3) is 0.167. The van der Waals surface area contributed by atoms with Crippen LogP contribution in [-0.2, 0) is 14.3 Å². The average Bonchev–Trinajstić information content (AvgIpc) is 3.16. The summed E-state index contributed by atoms with van der Waals surface area (Å²) < 4.78 is 7.65. The van der Waals surface area contributed by atoms with Crippen LogP contribution in [0.15, 0.2) is 52.0 Å². The van der Waals surface area contributed by atoms with Gasteiger partial charge in [-0.15, -0.1) is 0 Å². The Kier molecular flexibility index (Phi) is 5.63. The molecule has 0 spiro atoms. The number of carbonyl (C=O) groups excluding carboxylic acids is 3. The predicted octanol–water partition coefficient (Wildman–Crippen LogP) is 3.84. The quantitative estimate of drug-likeness (QED) is 0.528. The molecule has 134 valence electrons. The highest BCUT2D eigenvalue weighted by Crippen LogP contribution is 2.32. The van der Waals surface area contributed by atoms with E-state index in [0.717, 1.165) is 32.5 Å². The minimum absolute atomic E-state index is 0.199. The summed E-state index contributed by atoms with van der Waals surface area (Å²) in [5.41, 5.74) is 1.67. The van der Waals surface area contributed by atoms with E-state index in [1.807, 2.05) is 47.2 Å². The van der Waals surface area contributed by atoms with Gasteiger partial charge in [-0.05, 0) is 55.1 Å². The standard InChI is InChI=1S/C18H15BrN2O4S/c1-2-25-16(22)11-21-17(23)15(26-18(21)24)10-14-7-4-8-20(14)13-6-3-5-12(19)9-13/h3-10H,2,11H2,1H3/b15-10+. The van der Waals surface area contributed by atoms with Crippen LogP contribution in [0.5, 0.6) is 0 Å². The number of thioether (sulfide) groups is 1. The molecular formula is C18H15BrN2O4S. The number of aromatic nitrogens is 1. The zero-order chi connectivity index (χ0) is 18.7. The molecule has 2 heterocycles. The molecule has 1 fully saturated rings. The Labute approximate surface area is 162 Å². The van der Waals surface area contributed by atoms with Crippen LogP contribution >= 0.6 is 27.7 Å². The number of esters is 1. The molecule has 26 heavy (non-hydrogen) atoms. The summed E-state index contributed by atoms with van der Waals surface area (Å²) in [4.78, 5) is 37.3. The molecule has 0 bridgehead atoms. The van der Waals surface area contributed by atoms with Crippen molar-refractivity contribution in [3.05, 3.63) is 57.7 Å². The average molecular weight is 435 g/mol. The molecule has 1 aromatic heterocycles. The van der Waals surface area contributed by atoms with Crippen LogP contribution in [0, 0.1) is 0 Å². The SMILES string of the molecule is CCOC(=O)CN1C(=O)S/C(=C/c2cccn2-c2cccc(Br)c2)C1=O. The number of ether oxygens (including phenoxy) is 1. The fourth-order valence-electron chi connectivity index (χ4n) is 2.48. The second-order valence-electron chi connectivity index (χ2n) is 5.36. The molecule has 1 aromatic carbocycles. The first-order valence-corrected chi connectivity index (χ1v) is 9.45. The molecule has 8 heteroatoms. The van der Waals surface area contributed by atoms with Crippen molar-refractivity contribution >= 4 is 50.9 Å². The zero-order valence-electron chi connectivity index (χ0n) is 13.8. The molecule has 0 N–H and O–H groups in total. The van der Waals surface area contributed by atoms with Crippen molar-refractivity contribution in [2.24, 2.45) is 0 Å². The number of imide groups is 1. The third kappa shape index (κ3) is 3.91. The number of benzene rings is 1. The van der Waals surface area contributed by atoms with Gasteiger partial charge in [0.15, 0.2) is 0 Å². The van der Waals surface area contributed by atoms with Crippen molar-refractivity contribution in [3.8, 4) is 5.69 Å². The van der Waals surface area contributed by atoms with Crippen LogP contribution in [0.4, 0.5) is 4.79 Å². The maximum atomic E-state index is 12.5. The van der Waals surface area contributed by atoms with Gasteiger partial charge in [-0.3, -0.25) is 19.3 Å². The molecular weight excluding hydrogens is 420 g/mol. The van der Waals surface area contributed by atoms with Gasteiger partial charge < -0.3 is 9.30 Å². The highest BCUT2D eigenvalue weighted by atomic mass is 79.9. The summed E-state index contributed by atoms with van der Waals surface area (Å²) in [7, 11) is 0. The van der Waals surface area contributed by atoms with Crippen molar-refractivity contribution < 1.29 is 19.1 Å². The van der Waals surface area contributed by atoms with Gasteiger partial charge in [0.05, 0.1) is 11.5 Å². The number of halogens is 1. The molecule has 6 nitrogen and oxygen atoms in total. The Balaban J connectivity index is 1.86. The fourth-order valence-corrected chi connectivity index (χ4v) is 3.69. The summed E-state index contributed by atoms with van der Waals surface area (Å²) in [6.07, 6.45) is 3.52. The summed E-state index contributed by atoms with van der Waals surface area (Å²) in [6.45, 7) is 1.50. The lowest BCUT2D eigenvalue weighted by Gasteiger charge is -2.11. The first-order valence-electron chi connectivity index (χ1n) is 7.84. The Morgan fingerprint density at radius 3 is 2.81 bits per heavy atom. The van der Waals surface area contributed by atoms with E-state index >= 15 is 0 Å². The van der Waals surface area contributed by atoms with Gasteiger partial charge in [-0.2, -0.15) is 0 Å². The Morgan fingerprint density at radius 2 is 2.08 bits per heavy atom. The number of hydrogen-bond donors (Lipinski definition) is 0. The first kappa shape index (κ1) is 18.5. The minimum Gasteiger partial charge on any atom is -0.465 e. The van der Waals surface area contributed by atoms with E-state index < -0.39 is 17.1 Å². The molecule has 2 amide bonds. The lowest BCUT2D eigenvalue weighted by Crippen LogP contribution is -2.34. The lowest BCUT2D eigenvalue weighted by molar-refractivity contribution is -0.145. The van der Waals surface area contributed by atoms with Crippen molar-refractivity contribution in [3.63, 3.8) is 0 Å². The molecule has 0 atom stereocenters. The van der Waals surface area contributed by atoms with Gasteiger partial charge in [-0.25, -0.2) is 0 Å². The Bertz CT molecular complexity index is 906. The smallest absolute Gasteiger partial charge is 0.326 e. The third-order valence-corrected chi connectivity index (χ3v) is 5.01. The van der Waals surface area contributed by atoms with Crippen molar-refractivity contribution in [1.29, 1.82) is 0 Å². The maximum Gasteiger partial charge on any atom is 0.326 e. The molecule has 0 saturated carbocycles. The maximum absolute atomic E-state index is 12.5. The number of amides is 2. The Morgan fingerprint density at radius 1 is 1.27 bits per heavy atom. The van der Waals surface area contributed by atoms with Crippen molar-refractivity contribution in [2.45, 2.75) is 6.92 Å². The van der Waals surface area contributed by atoms with Crippen LogP contribution in [0.1, 0.15) is 12.6 Å². The minimum atomic E-state index is -0.603. The second-order valence-corrected chi connectivity index (χ2v) is 7.26. The molecule has 1 aliphatic heterocycles. The summed E-state index contributed by atoms with van der Waals surface area (Å²) >= 11 is 4.25. The molecule has 3 rings (SSSR count). The van der Waals surface area contributed by atoms with Gasteiger partial charge in [0.2, 0.25) is 0 Å². The van der Waals surface area contributed by atoms with E-state index in [4.69, 9.17) is 4.74 Å². The number of carbonyl (C=O) groups is 3. The highest BCUT2D eigenvalue weighted by molar-refractivity contribution is 9.10. The first-order chi connectivity index (χ1) is 12.5. The van der Waals surface area contributed by atoms with Gasteiger partial charge in [0.25, 0.3) is 11.1 Å². The van der Waals surface area contributed by atoms with Crippen LogP contribution in [0.2, 0.25) is 0 Å². The predicted molar refractivity (Wildman–Crippen MR) is 103 cm³/mol. The second kappa shape index (κ2) is 7.92. The van der Waals surface area contributed by atoms with Gasteiger partial charge in [0.1, 0.15) is 6.54 Å². The Hall–Kier alpha value is -2.32. The molecule has 1 aliphatic rings. The van der Waals surface area contributed by atoms with Crippen molar-refractivity contribution in [1.82, 2.24) is 9.47 Å². The van der Waals surface area contributed by atoms with E-state index in [-0.39, 0.29) is 18.1 Å². The molecule has 0 aliphatic carbocycles. The van der Waals surface area contributed by atoms with E-state index in [1.165, 1.54) is 0 Å². The van der Waals surface area contributed by atoms with E-state index in [9.17, 15) is 14.4 Å². The summed E-state index contributed by atoms with van der Waals surface area (Å²) in [5.74, 6) is -1.09. The lowest BCUT2D eigenvalue weighted by atomic mass is 10.3.